The molecule has 102 valence electrons. The van der Waals surface area contributed by atoms with E-state index in [1.54, 1.807) is 0 Å². The molecule has 1 aromatic rings. The highest BCUT2D eigenvalue weighted by molar-refractivity contribution is 5.97. The molecule has 0 radical (unpaired) electrons. The summed E-state index contributed by atoms with van der Waals surface area (Å²) in [5.41, 5.74) is 3.78. The molecule has 1 aliphatic heterocycles. The summed E-state index contributed by atoms with van der Waals surface area (Å²) in [5.74, 6) is 0.302. The monoisotopic (exact) mass is 257 g/mol. The highest BCUT2D eigenvalue weighted by atomic mass is 16.1. The topological polar surface area (TPSA) is 20.3 Å². The number of likely N-dealkylation sites (tertiary alicyclic amines) is 1. The number of hydrogen-bond acceptors (Lipinski definition) is 2. The van der Waals surface area contributed by atoms with Crippen LogP contribution in [0.5, 0.6) is 0 Å². The van der Waals surface area contributed by atoms with Gasteiger partial charge in [-0.25, -0.2) is 0 Å². The second kappa shape index (κ2) is 5.87. The van der Waals surface area contributed by atoms with Crippen molar-refractivity contribution in [2.45, 2.75) is 44.9 Å². The Morgan fingerprint density at radius 1 is 0.947 bits per heavy atom. The summed E-state index contributed by atoms with van der Waals surface area (Å²) in [6, 6.07) is 6.34. The zero-order valence-corrected chi connectivity index (χ0v) is 11.7. The molecule has 1 heterocycles. The van der Waals surface area contributed by atoms with Gasteiger partial charge in [0.25, 0.3) is 0 Å². The lowest BCUT2D eigenvalue weighted by molar-refractivity contribution is 0.0933. The van der Waals surface area contributed by atoms with E-state index in [1.807, 2.05) is 6.07 Å². The Labute approximate surface area is 115 Å². The van der Waals surface area contributed by atoms with Gasteiger partial charge in [-0.3, -0.25) is 9.69 Å². The lowest BCUT2D eigenvalue weighted by Crippen LogP contribution is -2.30. The summed E-state index contributed by atoms with van der Waals surface area (Å²) in [7, 11) is 0. The maximum Gasteiger partial charge on any atom is 0.176 e. The van der Waals surface area contributed by atoms with Gasteiger partial charge < -0.3 is 0 Å². The Kier molecular flexibility index (Phi) is 3.97. The molecule has 0 unspecified atom stereocenters. The third kappa shape index (κ3) is 3.06. The Morgan fingerprint density at radius 3 is 2.47 bits per heavy atom. The van der Waals surface area contributed by atoms with Gasteiger partial charge >= 0.3 is 0 Å². The standard InChI is InChI=1S/C17H23NO/c19-17(13-18-10-3-1-2-4-11-18)16-9-8-14-6-5-7-15(14)12-16/h8-9,12H,1-7,10-11,13H2. The number of nitrogens with zero attached hydrogens (tertiary/aromatic N) is 1. The Balaban J connectivity index is 1.66. The van der Waals surface area contributed by atoms with Gasteiger partial charge in [-0.15, -0.1) is 0 Å². The molecule has 1 saturated heterocycles. The van der Waals surface area contributed by atoms with Crippen molar-refractivity contribution in [1.82, 2.24) is 4.90 Å². The molecule has 0 saturated carbocycles. The Hall–Kier alpha value is -1.15. The Bertz CT molecular complexity index is 458. The fourth-order valence-electron chi connectivity index (χ4n) is 3.33. The highest BCUT2D eigenvalue weighted by Crippen LogP contribution is 2.23. The van der Waals surface area contributed by atoms with Crippen LogP contribution in [0.1, 0.15) is 53.6 Å². The predicted molar refractivity (Wildman–Crippen MR) is 77.7 cm³/mol. The minimum atomic E-state index is 0.302. The molecule has 0 N–H and O–H groups in total. The number of rotatable bonds is 3. The molecule has 0 bridgehead atoms. The zero-order valence-electron chi connectivity index (χ0n) is 11.7. The van der Waals surface area contributed by atoms with E-state index >= 15 is 0 Å². The number of ketones is 1. The van der Waals surface area contributed by atoms with Crippen LogP contribution in [0.4, 0.5) is 0 Å². The summed E-state index contributed by atoms with van der Waals surface area (Å²) in [4.78, 5) is 14.7. The number of carbonyl (C=O) groups is 1. The fourth-order valence-corrected chi connectivity index (χ4v) is 3.33. The van der Waals surface area contributed by atoms with Crippen LogP contribution in [0, 0.1) is 0 Å². The molecule has 2 nitrogen and oxygen atoms in total. The van der Waals surface area contributed by atoms with Gasteiger partial charge in [0.1, 0.15) is 0 Å². The molecule has 1 aromatic carbocycles. The van der Waals surface area contributed by atoms with Gasteiger partial charge in [-0.05, 0) is 62.4 Å². The van der Waals surface area contributed by atoms with E-state index in [0.717, 1.165) is 25.1 Å². The molecule has 19 heavy (non-hydrogen) atoms. The molecule has 0 amide bonds. The van der Waals surface area contributed by atoms with E-state index in [4.69, 9.17) is 0 Å². The van der Waals surface area contributed by atoms with Crippen LogP contribution < -0.4 is 0 Å². The Morgan fingerprint density at radius 2 is 1.68 bits per heavy atom. The summed E-state index contributed by atoms with van der Waals surface area (Å²) < 4.78 is 0. The lowest BCUT2D eigenvalue weighted by atomic mass is 10.0. The normalized spacial score (nSPS) is 20.0. The number of Topliss-reactive ketones (excluding diaryl/α,β-unsaturated/α-hetero) is 1. The molecule has 2 heteroatoms. The van der Waals surface area contributed by atoms with Crippen LogP contribution in [0.2, 0.25) is 0 Å². The van der Waals surface area contributed by atoms with E-state index in [1.165, 1.54) is 49.7 Å². The fraction of sp³-hybridized carbons (Fsp3) is 0.588. The smallest absolute Gasteiger partial charge is 0.176 e. The first-order valence-electron chi connectivity index (χ1n) is 7.70. The van der Waals surface area contributed by atoms with Crippen molar-refractivity contribution in [3.05, 3.63) is 34.9 Å². The quantitative estimate of drug-likeness (QED) is 0.775. The largest absolute Gasteiger partial charge is 0.296 e. The summed E-state index contributed by atoms with van der Waals surface area (Å²) in [6.45, 7) is 2.80. The molecule has 3 rings (SSSR count). The zero-order chi connectivity index (χ0) is 13.1. The first-order chi connectivity index (χ1) is 9.33. The third-order valence-corrected chi connectivity index (χ3v) is 4.49. The summed E-state index contributed by atoms with van der Waals surface area (Å²) >= 11 is 0. The molecule has 0 aromatic heterocycles. The molecule has 0 spiro atoms. The van der Waals surface area contributed by atoms with Crippen molar-refractivity contribution in [3.8, 4) is 0 Å². The number of fused-ring (bicyclic) bond motifs is 1. The van der Waals surface area contributed by atoms with E-state index < -0.39 is 0 Å². The van der Waals surface area contributed by atoms with E-state index in [9.17, 15) is 4.79 Å². The van der Waals surface area contributed by atoms with E-state index in [0.29, 0.717) is 12.3 Å². The van der Waals surface area contributed by atoms with Crippen LogP contribution >= 0.6 is 0 Å². The minimum Gasteiger partial charge on any atom is -0.296 e. The maximum absolute atomic E-state index is 12.4. The number of hydrogen-bond donors (Lipinski definition) is 0. The van der Waals surface area contributed by atoms with Crippen LogP contribution in [-0.4, -0.2) is 30.3 Å². The van der Waals surface area contributed by atoms with Crippen molar-refractivity contribution < 1.29 is 4.79 Å². The molecular formula is C17H23NO. The van der Waals surface area contributed by atoms with Crippen LogP contribution in [0.3, 0.4) is 0 Å². The summed E-state index contributed by atoms with van der Waals surface area (Å²) in [5, 5.41) is 0. The van der Waals surface area contributed by atoms with E-state index in [2.05, 4.69) is 17.0 Å². The third-order valence-electron chi connectivity index (χ3n) is 4.49. The van der Waals surface area contributed by atoms with Crippen molar-refractivity contribution in [1.29, 1.82) is 0 Å². The van der Waals surface area contributed by atoms with Gasteiger partial charge in [0.15, 0.2) is 5.78 Å². The average molecular weight is 257 g/mol. The molecular weight excluding hydrogens is 234 g/mol. The highest BCUT2D eigenvalue weighted by Gasteiger charge is 2.17. The molecule has 1 aliphatic carbocycles. The van der Waals surface area contributed by atoms with Gasteiger partial charge in [-0.1, -0.05) is 25.0 Å². The molecule has 2 aliphatic rings. The first-order valence-corrected chi connectivity index (χ1v) is 7.70. The van der Waals surface area contributed by atoms with Crippen molar-refractivity contribution in [3.63, 3.8) is 0 Å². The number of aryl methyl sites for hydroxylation is 2. The van der Waals surface area contributed by atoms with E-state index in [-0.39, 0.29) is 0 Å². The van der Waals surface area contributed by atoms with Crippen molar-refractivity contribution in [2.24, 2.45) is 0 Å². The SMILES string of the molecule is O=C(CN1CCCCCC1)c1ccc2c(c1)CCC2. The van der Waals surface area contributed by atoms with Gasteiger partial charge in [0.05, 0.1) is 6.54 Å². The molecule has 1 fully saturated rings. The van der Waals surface area contributed by atoms with Gasteiger partial charge in [-0.2, -0.15) is 0 Å². The summed E-state index contributed by atoms with van der Waals surface area (Å²) in [6.07, 6.45) is 8.73. The second-order valence-electron chi connectivity index (χ2n) is 5.95. The number of carbonyl (C=O) groups excluding carboxylic acids is 1. The average Bonchev–Trinajstić information content (AvgIpc) is 2.75. The maximum atomic E-state index is 12.4. The van der Waals surface area contributed by atoms with Crippen molar-refractivity contribution >= 4 is 5.78 Å². The van der Waals surface area contributed by atoms with Crippen LogP contribution in [0.25, 0.3) is 0 Å². The van der Waals surface area contributed by atoms with Gasteiger partial charge in [0, 0.05) is 5.56 Å². The van der Waals surface area contributed by atoms with Crippen LogP contribution in [0.15, 0.2) is 18.2 Å². The first kappa shape index (κ1) is 12.9. The second-order valence-corrected chi connectivity index (χ2v) is 5.95. The molecule has 0 atom stereocenters. The lowest BCUT2D eigenvalue weighted by Gasteiger charge is -2.18. The minimum absolute atomic E-state index is 0.302. The van der Waals surface area contributed by atoms with Crippen molar-refractivity contribution in [2.75, 3.05) is 19.6 Å². The van der Waals surface area contributed by atoms with Crippen LogP contribution in [-0.2, 0) is 12.8 Å². The van der Waals surface area contributed by atoms with Gasteiger partial charge in [0.2, 0.25) is 0 Å². The predicted octanol–water partition coefficient (Wildman–Crippen LogP) is 3.23. The number of benzene rings is 1.